The number of imidazole rings is 1. The van der Waals surface area contributed by atoms with Gasteiger partial charge in [-0.2, -0.15) is 13.2 Å². The van der Waals surface area contributed by atoms with Crippen molar-refractivity contribution >= 4 is 28.5 Å². The zero-order chi connectivity index (χ0) is 38.0. The van der Waals surface area contributed by atoms with Gasteiger partial charge in [-0.15, -0.1) is 0 Å². The number of halogens is 6. The molecule has 16 heteroatoms. The maximum Gasteiger partial charge on any atom is 0.406 e. The Morgan fingerprint density at radius 3 is 2.59 bits per heavy atom. The lowest BCUT2D eigenvalue weighted by atomic mass is 9.88. The monoisotopic (exact) mass is 697 g/mol. The number of aromatic nitrogens is 2. The molecule has 0 saturated carbocycles. The van der Waals surface area contributed by atoms with Gasteiger partial charge in [0, 0.05) is 44.5 Å². The van der Waals surface area contributed by atoms with Crippen LogP contribution in [0.15, 0.2) is 30.6 Å². The first-order valence-corrected chi connectivity index (χ1v) is 15.4. The summed E-state index contributed by atoms with van der Waals surface area (Å²) in [4.78, 5) is 31.4. The van der Waals surface area contributed by atoms with Crippen LogP contribution >= 0.6 is 0 Å². The Labute approximate surface area is 282 Å². The molecule has 10 nitrogen and oxygen atoms in total. The number of ether oxygens (including phenoxy) is 2. The zero-order valence-corrected chi connectivity index (χ0v) is 26.5. The molecular weight excluding hydrogens is 658 g/mol. The van der Waals surface area contributed by atoms with Crippen molar-refractivity contribution < 1.29 is 49.5 Å². The van der Waals surface area contributed by atoms with Crippen LogP contribution in [0.3, 0.4) is 0 Å². The molecule has 2 fully saturated rings. The largest absolute Gasteiger partial charge is 0.495 e. The lowest BCUT2D eigenvalue weighted by molar-refractivity contribution is -0.140. The van der Waals surface area contributed by atoms with Gasteiger partial charge in [0.2, 0.25) is 0 Å². The van der Waals surface area contributed by atoms with Gasteiger partial charge in [0.25, 0.3) is 17.7 Å². The third-order valence-corrected chi connectivity index (χ3v) is 8.52. The molecule has 2 aromatic carbocycles. The van der Waals surface area contributed by atoms with Crippen LogP contribution in [0.2, 0.25) is 0 Å². The van der Waals surface area contributed by atoms with Crippen LogP contribution in [0.25, 0.3) is 11.0 Å². The molecule has 3 N–H and O–H groups in total. The number of rotatable bonds is 8. The van der Waals surface area contributed by atoms with E-state index in [2.05, 4.69) is 32.8 Å². The second kappa shape index (κ2) is 14.6. The molecule has 0 unspecified atom stereocenters. The van der Waals surface area contributed by atoms with E-state index in [1.54, 1.807) is 11.8 Å². The van der Waals surface area contributed by atoms with Crippen LogP contribution in [-0.2, 0) is 11.3 Å². The Kier molecular flexibility index (Phi) is 9.43. The van der Waals surface area contributed by atoms with Gasteiger partial charge in [-0.1, -0.05) is 18.8 Å². The van der Waals surface area contributed by atoms with Crippen LogP contribution in [0.1, 0.15) is 50.2 Å². The number of hydrogen-bond donors (Lipinski definition) is 3. The van der Waals surface area contributed by atoms with Crippen LogP contribution < -0.4 is 20.7 Å². The van der Waals surface area contributed by atoms with Gasteiger partial charge in [0.1, 0.15) is 23.6 Å². The summed E-state index contributed by atoms with van der Waals surface area (Å²) in [5, 5.41) is 7.32. The maximum absolute atomic E-state index is 15.6. The molecule has 2 aliphatic heterocycles. The van der Waals surface area contributed by atoms with E-state index in [1.807, 2.05) is 0 Å². The average molecular weight is 698 g/mol. The van der Waals surface area contributed by atoms with Crippen molar-refractivity contribution in [3.05, 3.63) is 53.1 Å². The number of piperidine rings is 1. The second-order valence-electron chi connectivity index (χ2n) is 12.0. The first-order chi connectivity index (χ1) is 24.3. The number of nitrogens with zero attached hydrogens (tertiary/aromatic N) is 3. The summed E-state index contributed by atoms with van der Waals surface area (Å²) >= 11 is 0. The van der Waals surface area contributed by atoms with Crippen LogP contribution in [0, 0.1) is 23.6 Å². The quantitative estimate of drug-likeness (QED) is 0.236. The Morgan fingerprint density at radius 1 is 1.16 bits per heavy atom. The molecule has 49 heavy (non-hydrogen) atoms. The van der Waals surface area contributed by atoms with Crippen molar-refractivity contribution in [2.45, 2.75) is 50.5 Å². The Bertz CT molecular complexity index is 1870. The molecule has 2 atom stereocenters. The summed E-state index contributed by atoms with van der Waals surface area (Å²) in [7, 11) is -1.71. The Balaban J connectivity index is 1.42. The van der Waals surface area contributed by atoms with Crippen molar-refractivity contribution in [1.82, 2.24) is 25.1 Å². The van der Waals surface area contributed by atoms with Crippen molar-refractivity contribution in [2.24, 2.45) is 5.92 Å². The summed E-state index contributed by atoms with van der Waals surface area (Å²) in [6.45, 7) is 0.491. The lowest BCUT2D eigenvalue weighted by Gasteiger charge is -2.46. The fraction of sp³-hybridized carbons (Fsp3) is 0.485. The van der Waals surface area contributed by atoms with Crippen molar-refractivity contribution in [2.75, 3.05) is 52.3 Å². The number of alkyl halides is 5. The van der Waals surface area contributed by atoms with E-state index < -0.39 is 67.4 Å². The number of hydrogen-bond acceptors (Lipinski definition) is 7. The number of methoxy groups -OCH3 is 1. The van der Waals surface area contributed by atoms with E-state index in [9.17, 15) is 27.2 Å². The first kappa shape index (κ1) is 31.8. The average Bonchev–Trinajstić information content (AvgIpc) is 3.45. The summed E-state index contributed by atoms with van der Waals surface area (Å²) < 4.78 is 119. The minimum Gasteiger partial charge on any atom is -0.495 e. The Morgan fingerprint density at radius 2 is 1.92 bits per heavy atom. The highest BCUT2D eigenvalue weighted by Crippen LogP contribution is 2.34. The molecule has 5 rings (SSSR count). The van der Waals surface area contributed by atoms with Gasteiger partial charge in [-0.05, 0) is 37.0 Å². The van der Waals surface area contributed by atoms with Crippen LogP contribution in [0.5, 0.6) is 5.75 Å². The van der Waals surface area contributed by atoms with Crippen molar-refractivity contribution in [1.29, 1.82) is 0 Å². The number of benzene rings is 2. The summed E-state index contributed by atoms with van der Waals surface area (Å²) in [5.74, 6) is -1.86. The normalized spacial score (nSPS) is 21.1. The van der Waals surface area contributed by atoms with Crippen LogP contribution in [-0.4, -0.2) is 97.4 Å². The molecule has 0 radical (unpaired) electrons. The number of amides is 2. The molecule has 0 bridgehead atoms. The number of carbonyl (C=O) groups excluding carboxylic acids is 2. The Hall–Kier alpha value is -4.49. The van der Waals surface area contributed by atoms with Gasteiger partial charge in [0.05, 0.1) is 58.9 Å². The molecule has 1 aromatic heterocycles. The van der Waals surface area contributed by atoms with Gasteiger partial charge in [-0.3, -0.25) is 14.5 Å². The van der Waals surface area contributed by atoms with E-state index in [0.29, 0.717) is 26.1 Å². The van der Waals surface area contributed by atoms with Gasteiger partial charge in [-0.25, -0.2) is 18.2 Å². The third-order valence-electron chi connectivity index (χ3n) is 8.52. The predicted octanol–water partition coefficient (Wildman–Crippen LogP) is 4.43. The fourth-order valence-electron chi connectivity index (χ4n) is 6.22. The van der Waals surface area contributed by atoms with Crippen molar-refractivity contribution in [3.8, 4) is 17.6 Å². The van der Waals surface area contributed by atoms with Gasteiger partial charge < -0.3 is 30.0 Å². The summed E-state index contributed by atoms with van der Waals surface area (Å²) in [5.41, 5.74) is -1.18. The predicted molar refractivity (Wildman–Crippen MR) is 168 cm³/mol. The third kappa shape index (κ3) is 8.22. The fourth-order valence-corrected chi connectivity index (χ4v) is 6.22. The first-order valence-electron chi connectivity index (χ1n) is 16.9. The molecule has 2 amide bonds. The summed E-state index contributed by atoms with van der Waals surface area (Å²) in [6.07, 6.45) is -2.55. The summed E-state index contributed by atoms with van der Waals surface area (Å²) in [6, 6.07) is 2.54. The molecule has 3 aromatic rings. The highest BCUT2D eigenvalue weighted by molar-refractivity contribution is 6.05. The van der Waals surface area contributed by atoms with Crippen molar-refractivity contribution in [3.63, 3.8) is 0 Å². The zero-order valence-electron chi connectivity index (χ0n) is 29.5. The molecule has 2 saturated heterocycles. The lowest BCUT2D eigenvalue weighted by Crippen LogP contribution is -2.64. The van der Waals surface area contributed by atoms with E-state index in [0.717, 1.165) is 23.0 Å². The SMILES string of the molecule is [2H]C([2H])([2H])Oc1cc(C(=O)NC)c(F)cc1NCC#Cc1cc(C(=O)N[C@@H]2[C@@H](C)CN(C3CCOCC3)CC2(F)F)c2ncn(CC(F)(F)F)c2c1. The van der Waals surface area contributed by atoms with E-state index >= 15 is 8.78 Å². The highest BCUT2D eigenvalue weighted by atomic mass is 19.4. The minimum atomic E-state index is -4.66. The number of fused-ring (bicyclic) bond motifs is 1. The molecule has 3 heterocycles. The smallest absolute Gasteiger partial charge is 0.406 e. The topological polar surface area (TPSA) is 110 Å². The minimum absolute atomic E-state index is 0.0256. The molecular formula is C33H36F6N6O4. The number of nitrogens with one attached hydrogen (secondary N) is 3. The second-order valence-corrected chi connectivity index (χ2v) is 12.0. The number of anilines is 1. The van der Waals surface area contributed by atoms with Crippen LogP contribution in [0.4, 0.5) is 32.0 Å². The number of carbonyl (C=O) groups is 2. The molecule has 0 aliphatic carbocycles. The molecule has 264 valence electrons. The van der Waals surface area contributed by atoms with Gasteiger partial charge in [0.15, 0.2) is 0 Å². The van der Waals surface area contributed by atoms with E-state index in [1.165, 1.54) is 19.2 Å². The van der Waals surface area contributed by atoms with E-state index in [-0.39, 0.29) is 52.7 Å². The molecule has 0 spiro atoms. The van der Waals surface area contributed by atoms with E-state index in [4.69, 9.17) is 13.6 Å². The standard InChI is InChI=1S/C33H36F6N6O4/c1-19-15-44(21-6-9-49-10-7-21)16-32(35,36)29(19)43-31(47)23-11-20(12-26-28(23)42-18-45(26)17-33(37,38)39)5-4-8-41-25-14-24(34)22(30(46)40-2)13-27(25)48-3/h11-14,18-19,21,29,41H,6-10,15-17H2,1-3H3,(H,40,46)(H,43,47)/t19-,29+/m0/s1/i3D3. The number of likely N-dealkylation sites (tertiary alicyclic amines) is 1. The maximum atomic E-state index is 15.6. The van der Waals surface area contributed by atoms with Gasteiger partial charge >= 0.3 is 6.18 Å². The highest BCUT2D eigenvalue weighted by Gasteiger charge is 2.50. The molecule has 2 aliphatic rings.